The van der Waals surface area contributed by atoms with Gasteiger partial charge in [0.05, 0.1) is 35.1 Å². The molecule has 6 aromatic carbocycles. The van der Waals surface area contributed by atoms with Gasteiger partial charge in [0, 0.05) is 36.3 Å². The molecular formula is C48H42F3N5O6. The minimum atomic E-state index is -4.52. The zero-order valence-corrected chi connectivity index (χ0v) is 34.2. The summed E-state index contributed by atoms with van der Waals surface area (Å²) >= 11 is 0. The lowest BCUT2D eigenvalue weighted by molar-refractivity contribution is -0.141. The molecule has 0 radical (unpaired) electrons. The molecule has 1 aromatic heterocycles. The summed E-state index contributed by atoms with van der Waals surface area (Å²) in [7, 11) is 3.19. The van der Waals surface area contributed by atoms with Crippen LogP contribution in [0.4, 0.5) is 35.0 Å². The molecule has 1 atom stereocenters. The molecule has 7 aromatic rings. The maximum absolute atomic E-state index is 13.3. The molecule has 0 saturated carbocycles. The number of para-hydroxylation sites is 1. The van der Waals surface area contributed by atoms with E-state index in [4.69, 9.17) is 24.9 Å². The van der Waals surface area contributed by atoms with Crippen molar-refractivity contribution in [2.75, 3.05) is 17.3 Å². The number of fused-ring (bicyclic) bond motifs is 1. The van der Waals surface area contributed by atoms with E-state index < -0.39 is 29.8 Å². The van der Waals surface area contributed by atoms with Crippen LogP contribution in [-0.4, -0.2) is 40.5 Å². The lowest BCUT2D eigenvalue weighted by Crippen LogP contribution is -2.33. The topological polar surface area (TPSA) is 138 Å². The number of alkyl halides is 3. The number of urea groups is 1. The molecule has 0 bridgehead atoms. The van der Waals surface area contributed by atoms with Gasteiger partial charge in [0.2, 0.25) is 0 Å². The SMILES string of the molecule is COC(=O)C(Cc1ccc(OCc2nc3ccc(Oc4cc(C)c(N(C(N)=O)c5ccc(C(F)(F)F)cc5)c(C)c4)cc3n2C)cc1)Nc1ccccc1C(=O)c1ccccc1. The molecule has 0 aliphatic rings. The minimum Gasteiger partial charge on any atom is -0.486 e. The summed E-state index contributed by atoms with van der Waals surface area (Å²) in [5.41, 5.74) is 10.6. The van der Waals surface area contributed by atoms with Gasteiger partial charge < -0.3 is 29.8 Å². The largest absolute Gasteiger partial charge is 0.486 e. The molecular weight excluding hydrogens is 800 g/mol. The summed E-state index contributed by atoms with van der Waals surface area (Å²) in [5, 5.41) is 3.23. The van der Waals surface area contributed by atoms with Gasteiger partial charge in [-0.2, -0.15) is 13.2 Å². The Kier molecular flexibility index (Phi) is 12.3. The fraction of sp³-hybridized carbons (Fsp3) is 0.167. The molecule has 2 amide bonds. The van der Waals surface area contributed by atoms with Crippen LogP contribution in [0.5, 0.6) is 17.2 Å². The van der Waals surface area contributed by atoms with Crippen LogP contribution in [0.15, 0.2) is 133 Å². The molecule has 7 rings (SSSR count). The Labute approximate surface area is 355 Å². The van der Waals surface area contributed by atoms with Crippen LogP contribution < -0.4 is 25.4 Å². The van der Waals surface area contributed by atoms with E-state index in [2.05, 4.69) is 5.32 Å². The van der Waals surface area contributed by atoms with Crippen LogP contribution in [0.2, 0.25) is 0 Å². The number of carbonyl (C=O) groups is 3. The molecule has 1 heterocycles. The van der Waals surface area contributed by atoms with Crippen LogP contribution in [0, 0.1) is 13.8 Å². The van der Waals surface area contributed by atoms with Crippen LogP contribution in [0.25, 0.3) is 11.0 Å². The summed E-state index contributed by atoms with van der Waals surface area (Å²) in [4.78, 5) is 44.7. The molecule has 0 fully saturated rings. The minimum absolute atomic E-state index is 0.161. The van der Waals surface area contributed by atoms with Crippen molar-refractivity contribution >= 4 is 45.9 Å². The number of halogens is 3. The number of nitrogens with zero attached hydrogens (tertiary/aromatic N) is 3. The van der Waals surface area contributed by atoms with E-state index in [0.717, 1.165) is 28.7 Å². The van der Waals surface area contributed by atoms with Gasteiger partial charge in [-0.1, -0.05) is 54.6 Å². The Morgan fingerprint density at radius 1 is 0.806 bits per heavy atom. The summed E-state index contributed by atoms with van der Waals surface area (Å²) in [6.07, 6.45) is -4.24. The quantitative estimate of drug-likeness (QED) is 0.0816. The van der Waals surface area contributed by atoms with E-state index >= 15 is 0 Å². The van der Waals surface area contributed by atoms with Gasteiger partial charge in [-0.15, -0.1) is 0 Å². The van der Waals surface area contributed by atoms with Gasteiger partial charge in [0.25, 0.3) is 0 Å². The zero-order valence-electron chi connectivity index (χ0n) is 34.2. The van der Waals surface area contributed by atoms with Crippen LogP contribution >= 0.6 is 0 Å². The highest BCUT2D eigenvalue weighted by atomic mass is 19.4. The Morgan fingerprint density at radius 2 is 1.45 bits per heavy atom. The number of anilines is 3. The fourth-order valence-electron chi connectivity index (χ4n) is 7.22. The van der Waals surface area contributed by atoms with Crippen molar-refractivity contribution in [1.29, 1.82) is 0 Å². The number of imidazole rings is 1. The summed E-state index contributed by atoms with van der Waals surface area (Å²) in [6, 6.07) is 34.9. The lowest BCUT2D eigenvalue weighted by Gasteiger charge is -2.25. The lowest BCUT2D eigenvalue weighted by atomic mass is 10.00. The molecule has 1 unspecified atom stereocenters. The summed E-state index contributed by atoms with van der Waals surface area (Å²) < 4.78 is 58.9. The molecule has 11 nitrogen and oxygen atoms in total. The van der Waals surface area contributed by atoms with Crippen molar-refractivity contribution in [2.24, 2.45) is 12.8 Å². The number of hydrogen-bond donors (Lipinski definition) is 2. The van der Waals surface area contributed by atoms with Crippen molar-refractivity contribution < 1.29 is 41.8 Å². The number of amides is 2. The Balaban J connectivity index is 1.01. The van der Waals surface area contributed by atoms with E-state index in [1.807, 2.05) is 54.1 Å². The Bertz CT molecular complexity index is 2730. The first-order valence-electron chi connectivity index (χ1n) is 19.5. The van der Waals surface area contributed by atoms with Crippen molar-refractivity contribution in [3.8, 4) is 17.2 Å². The highest BCUT2D eigenvalue weighted by Gasteiger charge is 2.31. The van der Waals surface area contributed by atoms with E-state index in [0.29, 0.717) is 56.7 Å². The van der Waals surface area contributed by atoms with Crippen molar-refractivity contribution in [3.05, 3.63) is 173 Å². The number of carbonyl (C=O) groups excluding carboxylic acids is 3. The number of rotatable bonds is 14. The summed E-state index contributed by atoms with van der Waals surface area (Å²) in [6.45, 7) is 3.68. The number of nitrogens with one attached hydrogen (secondary N) is 1. The number of nitrogens with two attached hydrogens (primary N) is 1. The van der Waals surface area contributed by atoms with E-state index in [-0.39, 0.29) is 24.5 Å². The number of ketones is 1. The number of benzene rings is 6. The van der Waals surface area contributed by atoms with Crippen LogP contribution in [-0.2, 0) is 35.8 Å². The highest BCUT2D eigenvalue weighted by molar-refractivity contribution is 6.12. The van der Waals surface area contributed by atoms with Gasteiger partial charge in [-0.05, 0) is 103 Å². The third kappa shape index (κ3) is 9.39. The number of aromatic nitrogens is 2. The number of ether oxygens (including phenoxy) is 3. The number of methoxy groups -OCH3 is 1. The first-order chi connectivity index (χ1) is 29.7. The summed E-state index contributed by atoms with van der Waals surface area (Å²) in [5.74, 6) is 1.61. The highest BCUT2D eigenvalue weighted by Crippen LogP contribution is 2.38. The molecule has 316 valence electrons. The second-order valence-electron chi connectivity index (χ2n) is 14.6. The number of esters is 1. The number of aryl methyl sites for hydroxylation is 3. The predicted octanol–water partition coefficient (Wildman–Crippen LogP) is 10.2. The Hall–Kier alpha value is -7.61. The third-order valence-electron chi connectivity index (χ3n) is 10.3. The molecule has 0 aliphatic carbocycles. The average Bonchev–Trinajstić information content (AvgIpc) is 3.57. The maximum Gasteiger partial charge on any atom is 0.416 e. The van der Waals surface area contributed by atoms with Gasteiger partial charge in [0.1, 0.15) is 35.7 Å². The van der Waals surface area contributed by atoms with Crippen molar-refractivity contribution in [2.45, 2.75) is 39.1 Å². The standard InChI is InChI=1S/C48H42F3N5O6/c1-29-24-37(25-30(2)44(29)56(47(52)59)34-18-16-33(17-19-34)48(49,50)51)62-36-22-23-40-42(27-36)55(3)43(54-40)28-61-35-20-14-31(15-21-35)26-41(46(58)60-4)53-39-13-9-8-12-38(39)45(57)32-10-6-5-7-11-32/h5-25,27,41,53H,26,28H2,1-4H3,(H2,52,59). The molecule has 62 heavy (non-hydrogen) atoms. The van der Waals surface area contributed by atoms with Crippen molar-refractivity contribution in [1.82, 2.24) is 9.55 Å². The van der Waals surface area contributed by atoms with Crippen LogP contribution in [0.1, 0.15) is 44.0 Å². The van der Waals surface area contributed by atoms with Gasteiger partial charge >= 0.3 is 18.2 Å². The predicted molar refractivity (Wildman–Crippen MR) is 230 cm³/mol. The zero-order chi connectivity index (χ0) is 44.1. The number of hydrogen-bond acceptors (Lipinski definition) is 8. The van der Waals surface area contributed by atoms with Gasteiger partial charge in [-0.3, -0.25) is 9.69 Å². The molecule has 0 spiro atoms. The van der Waals surface area contributed by atoms with E-state index in [1.54, 1.807) is 80.6 Å². The molecule has 0 saturated heterocycles. The second kappa shape index (κ2) is 17.9. The van der Waals surface area contributed by atoms with E-state index in [9.17, 15) is 27.6 Å². The monoisotopic (exact) mass is 841 g/mol. The van der Waals surface area contributed by atoms with E-state index in [1.165, 1.54) is 24.1 Å². The first-order valence-corrected chi connectivity index (χ1v) is 19.5. The molecule has 0 aliphatic heterocycles. The third-order valence-corrected chi connectivity index (χ3v) is 10.3. The fourth-order valence-corrected chi connectivity index (χ4v) is 7.22. The second-order valence-corrected chi connectivity index (χ2v) is 14.6. The first kappa shape index (κ1) is 42.5. The normalized spacial score (nSPS) is 11.8. The number of primary amides is 1. The van der Waals surface area contributed by atoms with Gasteiger partial charge in [-0.25, -0.2) is 14.6 Å². The average molecular weight is 842 g/mol. The molecule has 3 N–H and O–H groups in total. The van der Waals surface area contributed by atoms with Crippen LogP contribution in [0.3, 0.4) is 0 Å². The maximum atomic E-state index is 13.3. The van der Waals surface area contributed by atoms with Gasteiger partial charge in [0.15, 0.2) is 5.78 Å². The Morgan fingerprint density at radius 3 is 2.10 bits per heavy atom. The molecule has 14 heteroatoms. The van der Waals surface area contributed by atoms with Crippen molar-refractivity contribution in [3.63, 3.8) is 0 Å². The smallest absolute Gasteiger partial charge is 0.416 e.